The van der Waals surface area contributed by atoms with Crippen molar-refractivity contribution in [3.63, 3.8) is 0 Å². The van der Waals surface area contributed by atoms with Crippen molar-refractivity contribution in [1.82, 2.24) is 0 Å². The first-order chi connectivity index (χ1) is 10.7. The monoisotopic (exact) mass is 318 g/mol. The molecule has 1 heterocycles. The molecule has 2 aliphatic rings. The molecule has 4 heteroatoms. The maximum Gasteiger partial charge on any atom is 0.165 e. The van der Waals surface area contributed by atoms with Crippen molar-refractivity contribution in [2.45, 2.75) is 52.2 Å². The van der Waals surface area contributed by atoms with Crippen LogP contribution in [0.15, 0.2) is 12.1 Å². The van der Waals surface area contributed by atoms with Gasteiger partial charge in [0, 0.05) is 17.9 Å². The predicted octanol–water partition coefficient (Wildman–Crippen LogP) is 3.24. The summed E-state index contributed by atoms with van der Waals surface area (Å²) in [4.78, 5) is 11.2. The molecule has 1 unspecified atom stereocenters. The molecule has 1 aromatic rings. The maximum atomic E-state index is 11.2. The SMILES string of the molecule is COc1cc(C=O)cc2c1O[C@]1(C)CC(O)[C@@H](C)C(C)(C)[C@H]1C2. The highest BCUT2D eigenvalue weighted by Gasteiger charge is 2.56. The Morgan fingerprint density at radius 2 is 2.04 bits per heavy atom. The summed E-state index contributed by atoms with van der Waals surface area (Å²) in [5.41, 5.74) is 1.13. The number of aliphatic hydroxyl groups excluding tert-OH is 1. The molecule has 0 amide bonds. The summed E-state index contributed by atoms with van der Waals surface area (Å²) in [6.07, 6.45) is 1.90. The number of methoxy groups -OCH3 is 1. The van der Waals surface area contributed by atoms with Gasteiger partial charge in [0.05, 0.1) is 13.2 Å². The van der Waals surface area contributed by atoms with Gasteiger partial charge in [-0.1, -0.05) is 20.8 Å². The van der Waals surface area contributed by atoms with Gasteiger partial charge in [-0.2, -0.15) is 0 Å². The summed E-state index contributed by atoms with van der Waals surface area (Å²) in [6, 6.07) is 3.61. The van der Waals surface area contributed by atoms with Crippen LogP contribution in [-0.2, 0) is 6.42 Å². The van der Waals surface area contributed by atoms with E-state index in [2.05, 4.69) is 27.7 Å². The summed E-state index contributed by atoms with van der Waals surface area (Å²) in [5, 5.41) is 10.5. The van der Waals surface area contributed by atoms with E-state index in [1.165, 1.54) is 0 Å². The molecule has 0 aromatic heterocycles. The number of hydrogen-bond acceptors (Lipinski definition) is 4. The fourth-order valence-corrected chi connectivity index (χ4v) is 4.55. The van der Waals surface area contributed by atoms with Gasteiger partial charge in [-0.05, 0) is 42.4 Å². The zero-order valence-electron chi connectivity index (χ0n) is 14.6. The summed E-state index contributed by atoms with van der Waals surface area (Å²) in [6.45, 7) is 8.61. The van der Waals surface area contributed by atoms with Crippen LogP contribution in [0.1, 0.15) is 50.0 Å². The van der Waals surface area contributed by atoms with Crippen LogP contribution in [0.4, 0.5) is 0 Å². The van der Waals surface area contributed by atoms with Gasteiger partial charge in [0.2, 0.25) is 0 Å². The molecule has 0 spiro atoms. The minimum absolute atomic E-state index is 0.0610. The molecule has 1 fully saturated rings. The van der Waals surface area contributed by atoms with E-state index in [9.17, 15) is 9.90 Å². The molecule has 1 N–H and O–H groups in total. The van der Waals surface area contributed by atoms with E-state index in [0.717, 1.165) is 24.0 Å². The summed E-state index contributed by atoms with van der Waals surface area (Å²) in [5.74, 6) is 1.78. The van der Waals surface area contributed by atoms with Crippen molar-refractivity contribution in [1.29, 1.82) is 0 Å². The topological polar surface area (TPSA) is 55.8 Å². The molecule has 3 rings (SSSR count). The molecule has 23 heavy (non-hydrogen) atoms. The van der Waals surface area contributed by atoms with Gasteiger partial charge >= 0.3 is 0 Å². The van der Waals surface area contributed by atoms with E-state index in [0.29, 0.717) is 17.7 Å². The van der Waals surface area contributed by atoms with Crippen LogP contribution in [-0.4, -0.2) is 30.2 Å². The van der Waals surface area contributed by atoms with Crippen LogP contribution in [0.5, 0.6) is 11.5 Å². The number of aliphatic hydroxyl groups is 1. The molecular formula is C19H26O4. The van der Waals surface area contributed by atoms with Crippen molar-refractivity contribution in [3.05, 3.63) is 23.3 Å². The molecule has 4 atom stereocenters. The molecule has 126 valence electrons. The average molecular weight is 318 g/mol. The molecule has 1 aromatic carbocycles. The van der Waals surface area contributed by atoms with Crippen LogP contribution in [0, 0.1) is 17.3 Å². The van der Waals surface area contributed by atoms with Gasteiger partial charge in [-0.25, -0.2) is 0 Å². The standard InChI is InChI=1S/C19H26O4/c1-11-14(21)9-19(4)16(18(11,2)3)8-13-6-12(10-20)7-15(22-5)17(13)23-19/h6-7,10-11,14,16,21H,8-9H2,1-5H3/t11-,14?,16-,19-/m1/s1. The van der Waals surface area contributed by atoms with Crippen LogP contribution in [0.3, 0.4) is 0 Å². The van der Waals surface area contributed by atoms with E-state index < -0.39 is 5.60 Å². The van der Waals surface area contributed by atoms with Crippen molar-refractivity contribution >= 4 is 6.29 Å². The Morgan fingerprint density at radius 3 is 2.65 bits per heavy atom. The van der Waals surface area contributed by atoms with E-state index in [1.54, 1.807) is 13.2 Å². The lowest BCUT2D eigenvalue weighted by atomic mass is 9.54. The number of aldehydes is 1. The largest absolute Gasteiger partial charge is 0.493 e. The third-order valence-electron chi connectivity index (χ3n) is 6.27. The number of carbonyl (C=O) groups is 1. The van der Waals surface area contributed by atoms with Crippen molar-refractivity contribution < 1.29 is 19.4 Å². The molecule has 1 saturated carbocycles. The fraction of sp³-hybridized carbons (Fsp3) is 0.632. The number of rotatable bonds is 2. The van der Waals surface area contributed by atoms with E-state index in [1.807, 2.05) is 6.07 Å². The van der Waals surface area contributed by atoms with Gasteiger partial charge in [0.25, 0.3) is 0 Å². The highest BCUT2D eigenvalue weighted by molar-refractivity contribution is 5.77. The zero-order chi connectivity index (χ0) is 17.0. The van der Waals surface area contributed by atoms with E-state index in [4.69, 9.17) is 9.47 Å². The number of ether oxygens (including phenoxy) is 2. The highest BCUT2D eigenvalue weighted by atomic mass is 16.5. The smallest absolute Gasteiger partial charge is 0.165 e. The second kappa shape index (κ2) is 5.23. The van der Waals surface area contributed by atoms with Gasteiger partial charge in [0.15, 0.2) is 11.5 Å². The fourth-order valence-electron chi connectivity index (χ4n) is 4.55. The molecule has 1 aliphatic heterocycles. The first kappa shape index (κ1) is 16.3. The number of hydrogen-bond donors (Lipinski definition) is 1. The van der Waals surface area contributed by atoms with Gasteiger partial charge in [-0.15, -0.1) is 0 Å². The lowest BCUT2D eigenvalue weighted by Crippen LogP contribution is -2.60. The molecule has 0 bridgehead atoms. The van der Waals surface area contributed by atoms with Crippen LogP contribution in [0.25, 0.3) is 0 Å². The van der Waals surface area contributed by atoms with E-state index >= 15 is 0 Å². The molecule has 0 radical (unpaired) electrons. The Hall–Kier alpha value is -1.55. The van der Waals surface area contributed by atoms with E-state index in [-0.39, 0.29) is 23.4 Å². The number of carbonyl (C=O) groups excluding carboxylic acids is 1. The first-order valence-electron chi connectivity index (χ1n) is 8.26. The Labute approximate surface area is 137 Å². The summed E-state index contributed by atoms with van der Waals surface area (Å²) >= 11 is 0. The highest BCUT2D eigenvalue weighted by Crippen LogP contribution is 2.56. The summed E-state index contributed by atoms with van der Waals surface area (Å²) in [7, 11) is 1.59. The second-order valence-corrected chi connectivity index (χ2v) is 7.88. The van der Waals surface area contributed by atoms with Gasteiger partial charge in [0.1, 0.15) is 11.9 Å². The van der Waals surface area contributed by atoms with Crippen LogP contribution >= 0.6 is 0 Å². The predicted molar refractivity (Wildman–Crippen MR) is 88.2 cm³/mol. The van der Waals surface area contributed by atoms with Crippen molar-refractivity contribution in [2.24, 2.45) is 17.3 Å². The lowest BCUT2D eigenvalue weighted by molar-refractivity contribution is -0.154. The Balaban J connectivity index is 2.11. The third kappa shape index (κ3) is 2.35. The minimum Gasteiger partial charge on any atom is -0.493 e. The van der Waals surface area contributed by atoms with Gasteiger partial charge < -0.3 is 14.6 Å². The zero-order valence-corrected chi connectivity index (χ0v) is 14.6. The maximum absolute atomic E-state index is 11.2. The molecule has 0 saturated heterocycles. The average Bonchev–Trinajstić information content (AvgIpc) is 2.50. The molecular weight excluding hydrogens is 292 g/mol. The Morgan fingerprint density at radius 1 is 1.35 bits per heavy atom. The lowest BCUT2D eigenvalue weighted by Gasteiger charge is -2.57. The molecule has 4 nitrogen and oxygen atoms in total. The van der Waals surface area contributed by atoms with Crippen LogP contribution in [0.2, 0.25) is 0 Å². The Bertz CT molecular complexity index is 637. The Kier molecular flexibility index (Phi) is 3.71. The van der Waals surface area contributed by atoms with Crippen LogP contribution < -0.4 is 9.47 Å². The minimum atomic E-state index is -0.432. The number of fused-ring (bicyclic) bond motifs is 2. The van der Waals surface area contributed by atoms with Gasteiger partial charge in [-0.3, -0.25) is 4.79 Å². The summed E-state index contributed by atoms with van der Waals surface area (Å²) < 4.78 is 11.8. The molecule has 1 aliphatic carbocycles. The first-order valence-corrected chi connectivity index (χ1v) is 8.26. The quantitative estimate of drug-likeness (QED) is 0.851. The van der Waals surface area contributed by atoms with Crippen molar-refractivity contribution in [2.75, 3.05) is 7.11 Å². The second-order valence-electron chi connectivity index (χ2n) is 7.88. The third-order valence-corrected chi connectivity index (χ3v) is 6.27. The van der Waals surface area contributed by atoms with Crippen molar-refractivity contribution in [3.8, 4) is 11.5 Å². The number of benzene rings is 1. The normalized spacial score (nSPS) is 34.8.